The number of carboxylic acids is 1. The molecule has 0 aliphatic rings. The van der Waals surface area contributed by atoms with Gasteiger partial charge in [-0.25, -0.2) is 4.79 Å². The van der Waals surface area contributed by atoms with E-state index in [1.807, 2.05) is 11.5 Å². The molecular weight excluding hydrogens is 182 g/mol. The molecule has 1 rings (SSSR count). The molecule has 0 saturated heterocycles. The summed E-state index contributed by atoms with van der Waals surface area (Å²) >= 11 is 0. The quantitative estimate of drug-likeness (QED) is 0.782. The van der Waals surface area contributed by atoms with Crippen molar-refractivity contribution in [3.05, 3.63) is 23.5 Å². The van der Waals surface area contributed by atoms with Crippen molar-refractivity contribution in [1.82, 2.24) is 4.57 Å². The molecule has 0 amide bonds. The number of carboxylic acid groups (broad SMARTS) is 1. The predicted octanol–water partition coefficient (Wildman–Crippen LogP) is 1.74. The second kappa shape index (κ2) is 4.81. The lowest BCUT2D eigenvalue weighted by Gasteiger charge is -2.07. The average Bonchev–Trinajstić information content (AvgIpc) is 2.50. The third kappa shape index (κ3) is 2.14. The standard InChI is InChI=1S/C10H15NO3/c1-3-4-9-8(10(12)13)5-6-11(9)7-14-2/h5-6H,3-4,7H2,1-2H3,(H,12,13). The molecule has 0 fully saturated rings. The van der Waals surface area contributed by atoms with Crippen LogP contribution in [-0.4, -0.2) is 22.8 Å². The summed E-state index contributed by atoms with van der Waals surface area (Å²) in [6, 6.07) is 1.62. The van der Waals surface area contributed by atoms with Crippen LogP contribution in [-0.2, 0) is 17.9 Å². The van der Waals surface area contributed by atoms with Crippen LogP contribution in [0.3, 0.4) is 0 Å². The van der Waals surface area contributed by atoms with E-state index in [1.54, 1.807) is 19.4 Å². The molecule has 0 aliphatic heterocycles. The molecule has 0 bridgehead atoms. The summed E-state index contributed by atoms with van der Waals surface area (Å²) < 4.78 is 6.80. The van der Waals surface area contributed by atoms with Crippen molar-refractivity contribution in [2.45, 2.75) is 26.5 Å². The Bertz CT molecular complexity index is 317. The summed E-state index contributed by atoms with van der Waals surface area (Å²) in [7, 11) is 1.59. The van der Waals surface area contributed by atoms with Gasteiger partial charge in [-0.15, -0.1) is 0 Å². The summed E-state index contributed by atoms with van der Waals surface area (Å²) in [4.78, 5) is 10.9. The molecule has 4 heteroatoms. The second-order valence-corrected chi connectivity index (χ2v) is 3.12. The van der Waals surface area contributed by atoms with Gasteiger partial charge in [0.25, 0.3) is 0 Å². The molecule has 0 spiro atoms. The Balaban J connectivity index is 3.00. The van der Waals surface area contributed by atoms with Crippen molar-refractivity contribution < 1.29 is 14.6 Å². The zero-order chi connectivity index (χ0) is 10.6. The highest BCUT2D eigenvalue weighted by Gasteiger charge is 2.13. The van der Waals surface area contributed by atoms with Gasteiger partial charge in [-0.05, 0) is 12.5 Å². The first kappa shape index (κ1) is 10.8. The first-order valence-electron chi connectivity index (χ1n) is 4.61. The summed E-state index contributed by atoms with van der Waals surface area (Å²) in [6.07, 6.45) is 3.43. The van der Waals surface area contributed by atoms with E-state index in [9.17, 15) is 4.79 Å². The lowest BCUT2D eigenvalue weighted by Crippen LogP contribution is -2.07. The molecule has 0 radical (unpaired) electrons. The monoisotopic (exact) mass is 197 g/mol. The molecule has 0 saturated carbocycles. The van der Waals surface area contributed by atoms with Gasteiger partial charge in [-0.2, -0.15) is 0 Å². The van der Waals surface area contributed by atoms with Gasteiger partial charge in [0.1, 0.15) is 6.73 Å². The van der Waals surface area contributed by atoms with Gasteiger partial charge in [0.15, 0.2) is 0 Å². The van der Waals surface area contributed by atoms with E-state index in [0.29, 0.717) is 12.3 Å². The summed E-state index contributed by atoms with van der Waals surface area (Å²) in [5.74, 6) is -0.872. The molecule has 1 aromatic heterocycles. The molecule has 1 aromatic rings. The highest BCUT2D eigenvalue weighted by atomic mass is 16.5. The molecule has 0 aromatic carbocycles. The van der Waals surface area contributed by atoms with Gasteiger partial charge in [0.2, 0.25) is 0 Å². The number of hydrogen-bond donors (Lipinski definition) is 1. The lowest BCUT2D eigenvalue weighted by molar-refractivity contribution is 0.0694. The Kier molecular flexibility index (Phi) is 3.71. The van der Waals surface area contributed by atoms with Crippen LogP contribution in [0.25, 0.3) is 0 Å². The Labute approximate surface area is 83.1 Å². The maximum absolute atomic E-state index is 10.9. The minimum Gasteiger partial charge on any atom is -0.478 e. The fraction of sp³-hybridized carbons (Fsp3) is 0.500. The van der Waals surface area contributed by atoms with E-state index in [2.05, 4.69) is 0 Å². The second-order valence-electron chi connectivity index (χ2n) is 3.12. The number of ether oxygens (including phenoxy) is 1. The molecule has 0 unspecified atom stereocenters. The molecular formula is C10H15NO3. The minimum atomic E-state index is -0.872. The number of rotatable bonds is 5. The Hall–Kier alpha value is -1.29. The van der Waals surface area contributed by atoms with E-state index >= 15 is 0 Å². The summed E-state index contributed by atoms with van der Waals surface area (Å²) in [5, 5.41) is 8.92. The van der Waals surface area contributed by atoms with Crippen molar-refractivity contribution in [3.63, 3.8) is 0 Å². The predicted molar refractivity (Wildman–Crippen MR) is 52.4 cm³/mol. The topological polar surface area (TPSA) is 51.5 Å². The van der Waals surface area contributed by atoms with E-state index in [-0.39, 0.29) is 0 Å². The Morgan fingerprint density at radius 2 is 2.36 bits per heavy atom. The fourth-order valence-electron chi connectivity index (χ4n) is 1.48. The van der Waals surface area contributed by atoms with Gasteiger partial charge >= 0.3 is 5.97 Å². The van der Waals surface area contributed by atoms with Gasteiger partial charge in [-0.1, -0.05) is 13.3 Å². The molecule has 0 aliphatic carbocycles. The number of nitrogens with zero attached hydrogens (tertiary/aromatic N) is 1. The zero-order valence-corrected chi connectivity index (χ0v) is 8.49. The van der Waals surface area contributed by atoms with Crippen molar-refractivity contribution in [2.75, 3.05) is 7.11 Å². The van der Waals surface area contributed by atoms with Crippen molar-refractivity contribution in [2.24, 2.45) is 0 Å². The van der Waals surface area contributed by atoms with Crippen LogP contribution in [0.1, 0.15) is 29.4 Å². The maximum Gasteiger partial charge on any atom is 0.337 e. The number of aromatic carboxylic acids is 1. The maximum atomic E-state index is 10.9. The number of methoxy groups -OCH3 is 1. The van der Waals surface area contributed by atoms with Crippen LogP contribution in [0.15, 0.2) is 12.3 Å². The van der Waals surface area contributed by atoms with Crippen LogP contribution < -0.4 is 0 Å². The highest BCUT2D eigenvalue weighted by molar-refractivity contribution is 5.89. The largest absolute Gasteiger partial charge is 0.478 e. The van der Waals surface area contributed by atoms with E-state index in [4.69, 9.17) is 9.84 Å². The molecule has 0 atom stereocenters. The normalized spacial score (nSPS) is 10.4. The first-order chi connectivity index (χ1) is 6.70. The zero-order valence-electron chi connectivity index (χ0n) is 8.49. The molecule has 14 heavy (non-hydrogen) atoms. The average molecular weight is 197 g/mol. The smallest absolute Gasteiger partial charge is 0.337 e. The third-order valence-electron chi connectivity index (χ3n) is 2.06. The number of hydrogen-bond acceptors (Lipinski definition) is 2. The molecule has 1 heterocycles. The van der Waals surface area contributed by atoms with Crippen LogP contribution in [0.5, 0.6) is 0 Å². The van der Waals surface area contributed by atoms with Gasteiger partial charge in [-0.3, -0.25) is 0 Å². The van der Waals surface area contributed by atoms with Gasteiger partial charge in [0, 0.05) is 19.0 Å². The lowest BCUT2D eigenvalue weighted by atomic mass is 10.1. The van der Waals surface area contributed by atoms with E-state index in [1.165, 1.54) is 0 Å². The summed E-state index contributed by atoms with van der Waals surface area (Å²) in [5.41, 5.74) is 1.21. The first-order valence-corrected chi connectivity index (χ1v) is 4.61. The van der Waals surface area contributed by atoms with Crippen LogP contribution in [0.2, 0.25) is 0 Å². The van der Waals surface area contributed by atoms with Crippen LogP contribution >= 0.6 is 0 Å². The summed E-state index contributed by atoms with van der Waals surface area (Å²) in [6.45, 7) is 2.43. The number of aromatic nitrogens is 1. The SMILES string of the molecule is CCCc1c(C(=O)O)ccn1COC. The number of carbonyl (C=O) groups is 1. The Morgan fingerprint density at radius 1 is 1.64 bits per heavy atom. The van der Waals surface area contributed by atoms with E-state index < -0.39 is 5.97 Å². The molecule has 78 valence electrons. The van der Waals surface area contributed by atoms with Crippen molar-refractivity contribution >= 4 is 5.97 Å². The molecule has 1 N–H and O–H groups in total. The van der Waals surface area contributed by atoms with Gasteiger partial charge in [0.05, 0.1) is 5.56 Å². The Morgan fingerprint density at radius 3 is 2.86 bits per heavy atom. The fourth-order valence-corrected chi connectivity index (χ4v) is 1.48. The highest BCUT2D eigenvalue weighted by Crippen LogP contribution is 2.13. The van der Waals surface area contributed by atoms with Crippen molar-refractivity contribution in [3.8, 4) is 0 Å². The third-order valence-corrected chi connectivity index (χ3v) is 2.06. The molecule has 4 nitrogen and oxygen atoms in total. The van der Waals surface area contributed by atoms with Crippen molar-refractivity contribution in [1.29, 1.82) is 0 Å². The van der Waals surface area contributed by atoms with Crippen LogP contribution in [0, 0.1) is 0 Å². The van der Waals surface area contributed by atoms with Gasteiger partial charge < -0.3 is 14.4 Å². The van der Waals surface area contributed by atoms with E-state index in [0.717, 1.165) is 18.5 Å². The minimum absolute atomic E-state index is 0.379. The van der Waals surface area contributed by atoms with Crippen LogP contribution in [0.4, 0.5) is 0 Å².